The molecule has 2 aromatic rings. The molecule has 0 aromatic heterocycles. The number of benzene rings is 2. The number of thiocarbonyl (C=S) groups is 1. The predicted molar refractivity (Wildman–Crippen MR) is 85.7 cm³/mol. The van der Waals surface area contributed by atoms with E-state index in [0.717, 1.165) is 11.3 Å². The van der Waals surface area contributed by atoms with Gasteiger partial charge in [-0.2, -0.15) is 0 Å². The maximum Gasteiger partial charge on any atom is 0.281 e. The molecule has 0 bridgehead atoms. The third kappa shape index (κ3) is 2.64. The Morgan fingerprint density at radius 2 is 1.86 bits per heavy atom. The maximum atomic E-state index is 12.5. The van der Waals surface area contributed by atoms with Crippen LogP contribution in [0.15, 0.2) is 60.3 Å². The van der Waals surface area contributed by atoms with E-state index in [1.165, 1.54) is 4.90 Å². The lowest BCUT2D eigenvalue weighted by atomic mass is 10.2. The van der Waals surface area contributed by atoms with Gasteiger partial charge in [-0.15, -0.1) is 0 Å². The number of nitrogens with zero attached hydrogens (tertiary/aromatic N) is 1. The minimum absolute atomic E-state index is 0.150. The molecule has 2 N–H and O–H groups in total. The highest BCUT2D eigenvalue weighted by atomic mass is 32.1. The van der Waals surface area contributed by atoms with Gasteiger partial charge in [0.25, 0.3) is 5.91 Å². The third-order valence-corrected chi connectivity index (χ3v) is 3.36. The molecule has 0 aliphatic carbocycles. The molecule has 3 rings (SSSR count). The molecule has 1 heterocycles. The molecule has 0 spiro atoms. The van der Waals surface area contributed by atoms with E-state index < -0.39 is 0 Å². The molecular formula is C16H12N2O2S. The Kier molecular flexibility index (Phi) is 3.41. The van der Waals surface area contributed by atoms with E-state index in [2.05, 4.69) is 5.32 Å². The van der Waals surface area contributed by atoms with Crippen LogP contribution in [0.5, 0.6) is 5.75 Å². The van der Waals surface area contributed by atoms with Gasteiger partial charge in [0.1, 0.15) is 11.4 Å². The third-order valence-electron chi connectivity index (χ3n) is 3.07. The largest absolute Gasteiger partial charge is 0.508 e. The number of hydrogen-bond donors (Lipinski definition) is 2. The van der Waals surface area contributed by atoms with Gasteiger partial charge >= 0.3 is 0 Å². The first-order valence-electron chi connectivity index (χ1n) is 6.36. The molecule has 0 atom stereocenters. The van der Waals surface area contributed by atoms with Gasteiger partial charge in [0.15, 0.2) is 5.11 Å². The molecule has 5 heteroatoms. The summed E-state index contributed by atoms with van der Waals surface area (Å²) in [5, 5.41) is 12.7. The number of para-hydroxylation sites is 1. The zero-order valence-corrected chi connectivity index (χ0v) is 11.8. The van der Waals surface area contributed by atoms with Gasteiger partial charge in [-0.05, 0) is 48.1 Å². The van der Waals surface area contributed by atoms with Crippen molar-refractivity contribution >= 4 is 35.0 Å². The predicted octanol–water partition coefficient (Wildman–Crippen LogP) is 2.65. The fourth-order valence-corrected chi connectivity index (χ4v) is 2.43. The normalized spacial score (nSPS) is 16.4. The van der Waals surface area contributed by atoms with Crippen LogP contribution in [0.4, 0.5) is 5.69 Å². The number of phenolic OH excluding ortho intramolecular Hbond substituents is 1. The molecular weight excluding hydrogens is 284 g/mol. The van der Waals surface area contributed by atoms with Gasteiger partial charge < -0.3 is 10.4 Å². The van der Waals surface area contributed by atoms with Crippen molar-refractivity contribution in [1.29, 1.82) is 0 Å². The van der Waals surface area contributed by atoms with Crippen molar-refractivity contribution in [1.82, 2.24) is 5.32 Å². The van der Waals surface area contributed by atoms with Crippen LogP contribution in [-0.4, -0.2) is 16.1 Å². The van der Waals surface area contributed by atoms with Crippen molar-refractivity contribution in [2.75, 3.05) is 4.90 Å². The molecule has 0 unspecified atom stereocenters. The Morgan fingerprint density at radius 3 is 2.57 bits per heavy atom. The van der Waals surface area contributed by atoms with Crippen molar-refractivity contribution in [2.24, 2.45) is 0 Å². The first-order chi connectivity index (χ1) is 10.1. The Bertz CT molecular complexity index is 741. The van der Waals surface area contributed by atoms with Crippen molar-refractivity contribution in [3.63, 3.8) is 0 Å². The van der Waals surface area contributed by atoms with E-state index in [9.17, 15) is 9.90 Å². The fourth-order valence-electron chi connectivity index (χ4n) is 2.13. The van der Waals surface area contributed by atoms with E-state index in [1.807, 2.05) is 30.3 Å². The highest BCUT2D eigenvalue weighted by Gasteiger charge is 2.31. The second-order valence-electron chi connectivity index (χ2n) is 4.56. The van der Waals surface area contributed by atoms with Crippen molar-refractivity contribution in [3.05, 3.63) is 65.9 Å². The number of carbonyl (C=O) groups is 1. The molecule has 1 aliphatic rings. The van der Waals surface area contributed by atoms with Gasteiger partial charge in [0.2, 0.25) is 0 Å². The van der Waals surface area contributed by atoms with Crippen LogP contribution in [0.1, 0.15) is 5.56 Å². The van der Waals surface area contributed by atoms with Crippen LogP contribution in [0.2, 0.25) is 0 Å². The second kappa shape index (κ2) is 5.38. The molecule has 1 saturated heterocycles. The molecule has 104 valence electrons. The standard InChI is InChI=1S/C16H12N2O2S/c19-13-8-4-5-11(9-13)10-14-15(20)18(16(21)17-14)12-6-2-1-3-7-12/h1-10,19H,(H,17,21)/b14-10+. The average molecular weight is 296 g/mol. The molecule has 0 radical (unpaired) electrons. The summed E-state index contributed by atoms with van der Waals surface area (Å²) in [6.07, 6.45) is 1.66. The number of phenols is 1. The number of amides is 1. The molecule has 1 fully saturated rings. The summed E-state index contributed by atoms with van der Waals surface area (Å²) in [6.45, 7) is 0. The smallest absolute Gasteiger partial charge is 0.281 e. The van der Waals surface area contributed by atoms with Crippen LogP contribution in [0, 0.1) is 0 Å². The lowest BCUT2D eigenvalue weighted by molar-refractivity contribution is -0.113. The summed E-state index contributed by atoms with van der Waals surface area (Å²) in [5.74, 6) is -0.0631. The molecule has 4 nitrogen and oxygen atoms in total. The Morgan fingerprint density at radius 1 is 1.10 bits per heavy atom. The summed E-state index contributed by atoms with van der Waals surface area (Å²) in [4.78, 5) is 13.9. The zero-order chi connectivity index (χ0) is 14.8. The number of aromatic hydroxyl groups is 1. The van der Waals surface area contributed by atoms with Crippen LogP contribution >= 0.6 is 12.2 Å². The Hall–Kier alpha value is -2.66. The number of rotatable bonds is 2. The van der Waals surface area contributed by atoms with Crippen LogP contribution < -0.4 is 10.2 Å². The van der Waals surface area contributed by atoms with Gasteiger partial charge in [-0.1, -0.05) is 30.3 Å². The highest BCUT2D eigenvalue weighted by molar-refractivity contribution is 7.80. The first kappa shape index (κ1) is 13.3. The Labute approximate surface area is 127 Å². The summed E-state index contributed by atoms with van der Waals surface area (Å²) in [7, 11) is 0. The highest BCUT2D eigenvalue weighted by Crippen LogP contribution is 2.22. The van der Waals surface area contributed by atoms with Gasteiger partial charge in [0, 0.05) is 0 Å². The summed E-state index contributed by atoms with van der Waals surface area (Å²) < 4.78 is 0. The summed E-state index contributed by atoms with van der Waals surface area (Å²) >= 11 is 5.22. The number of nitrogens with one attached hydrogen (secondary N) is 1. The lowest BCUT2D eigenvalue weighted by Crippen LogP contribution is -2.30. The van der Waals surface area contributed by atoms with Crippen molar-refractivity contribution < 1.29 is 9.90 Å². The average Bonchev–Trinajstić information content (AvgIpc) is 2.74. The van der Waals surface area contributed by atoms with Gasteiger partial charge in [-0.3, -0.25) is 9.69 Å². The molecule has 2 aromatic carbocycles. The van der Waals surface area contributed by atoms with E-state index in [1.54, 1.807) is 30.3 Å². The SMILES string of the molecule is O=C1/C(=C\c2cccc(O)c2)NC(=S)N1c1ccccc1. The van der Waals surface area contributed by atoms with Crippen LogP contribution in [0.25, 0.3) is 6.08 Å². The van der Waals surface area contributed by atoms with Crippen molar-refractivity contribution in [3.8, 4) is 5.75 Å². The minimum Gasteiger partial charge on any atom is -0.508 e. The lowest BCUT2D eigenvalue weighted by Gasteiger charge is -2.13. The molecule has 0 saturated carbocycles. The van der Waals surface area contributed by atoms with Gasteiger partial charge in [-0.25, -0.2) is 0 Å². The molecule has 21 heavy (non-hydrogen) atoms. The maximum absolute atomic E-state index is 12.5. The number of hydrogen-bond acceptors (Lipinski definition) is 3. The zero-order valence-electron chi connectivity index (χ0n) is 11.0. The quantitative estimate of drug-likeness (QED) is 0.661. The number of anilines is 1. The summed E-state index contributed by atoms with van der Waals surface area (Å²) in [5.41, 5.74) is 1.83. The molecule has 1 aliphatic heterocycles. The van der Waals surface area contributed by atoms with E-state index in [4.69, 9.17) is 12.2 Å². The van der Waals surface area contributed by atoms with E-state index >= 15 is 0 Å². The Balaban J connectivity index is 1.94. The molecule has 1 amide bonds. The second-order valence-corrected chi connectivity index (χ2v) is 4.95. The minimum atomic E-state index is -0.213. The fraction of sp³-hybridized carbons (Fsp3) is 0. The van der Waals surface area contributed by atoms with Crippen LogP contribution in [0.3, 0.4) is 0 Å². The number of carbonyl (C=O) groups excluding carboxylic acids is 1. The van der Waals surface area contributed by atoms with E-state index in [0.29, 0.717) is 10.8 Å². The topological polar surface area (TPSA) is 52.6 Å². The summed E-state index contributed by atoms with van der Waals surface area (Å²) in [6, 6.07) is 15.9. The van der Waals surface area contributed by atoms with Gasteiger partial charge in [0.05, 0.1) is 5.69 Å². The first-order valence-corrected chi connectivity index (χ1v) is 6.77. The van der Waals surface area contributed by atoms with E-state index in [-0.39, 0.29) is 11.7 Å². The van der Waals surface area contributed by atoms with Crippen LogP contribution in [-0.2, 0) is 4.79 Å². The monoisotopic (exact) mass is 296 g/mol. The van der Waals surface area contributed by atoms with Crippen molar-refractivity contribution in [2.45, 2.75) is 0 Å².